The molecule has 1 aliphatic rings. The minimum atomic E-state index is -4.04. The summed E-state index contributed by atoms with van der Waals surface area (Å²) in [7, 11) is -2.06. The molecule has 3 aromatic rings. The highest BCUT2D eigenvalue weighted by Gasteiger charge is 2.39. The lowest BCUT2D eigenvalue weighted by molar-refractivity contribution is -0.143. The highest BCUT2D eigenvalue weighted by atomic mass is 32.2. The fourth-order valence-electron chi connectivity index (χ4n) is 8.82. The second-order valence-corrected chi connectivity index (χ2v) is 22.0. The topological polar surface area (TPSA) is 193 Å². The number of unbranched alkanes of at least 4 members (excludes halogenated alkanes) is 3. The van der Waals surface area contributed by atoms with Crippen molar-refractivity contribution in [3.8, 4) is 0 Å². The molecule has 0 saturated carbocycles. The molecule has 1 aliphatic heterocycles. The van der Waals surface area contributed by atoms with Crippen LogP contribution >= 0.6 is 11.3 Å². The van der Waals surface area contributed by atoms with E-state index in [4.69, 9.17) is 15.5 Å². The number of carbonyl (C=O) groups is 4. The lowest BCUT2D eigenvalue weighted by Crippen LogP contribution is -2.59. The number of aromatic nitrogens is 1. The molecule has 2 aromatic carbocycles. The Hall–Kier alpha value is -4.38. The number of hydrogen-bond donors (Lipinski definition) is 4. The molecule has 1 fully saturated rings. The number of likely N-dealkylation sites (N-methyl/N-ethyl adjacent to an activating group) is 1. The van der Waals surface area contributed by atoms with Gasteiger partial charge in [-0.15, -0.1) is 11.3 Å². The Balaban J connectivity index is 1.57. The molecule has 14 nitrogen and oxygen atoms in total. The van der Waals surface area contributed by atoms with Gasteiger partial charge in [0.05, 0.1) is 11.8 Å². The number of benzene rings is 2. The number of thiazole rings is 1. The van der Waals surface area contributed by atoms with Crippen molar-refractivity contribution in [1.29, 1.82) is 0 Å². The molecule has 6 atom stereocenters. The summed E-state index contributed by atoms with van der Waals surface area (Å²) >= 11 is 1.32. The molecule has 4 amide bonds. The van der Waals surface area contributed by atoms with Gasteiger partial charge in [-0.05, 0) is 87.7 Å². The number of nitrogens with zero attached hydrogens (tertiary/aromatic N) is 3. The van der Waals surface area contributed by atoms with Crippen LogP contribution in [-0.2, 0) is 41.3 Å². The number of nitrogens with two attached hydrogens (primary N) is 1. The third kappa shape index (κ3) is 17.0. The quantitative estimate of drug-likeness (QED) is 0.0429. The average molecular weight is 966 g/mol. The van der Waals surface area contributed by atoms with Crippen LogP contribution in [0.1, 0.15) is 152 Å². The first-order chi connectivity index (χ1) is 31.8. The summed E-state index contributed by atoms with van der Waals surface area (Å²) in [4.78, 5) is 65.5. The van der Waals surface area contributed by atoms with Crippen molar-refractivity contribution >= 4 is 50.7 Å². The van der Waals surface area contributed by atoms with Crippen molar-refractivity contribution in [2.45, 2.75) is 162 Å². The minimum Gasteiger partial charge on any atom is -0.399 e. The summed E-state index contributed by atoms with van der Waals surface area (Å²) in [5.74, 6) is -1.73. The average Bonchev–Trinajstić information content (AvgIpc) is 3.78. The van der Waals surface area contributed by atoms with Gasteiger partial charge >= 0.3 is 0 Å². The van der Waals surface area contributed by atoms with Gasteiger partial charge in [0.15, 0.2) is 0 Å². The number of rotatable bonds is 27. The maximum atomic E-state index is 15.0. The first-order valence-corrected chi connectivity index (χ1v) is 26.9. The van der Waals surface area contributed by atoms with Crippen LogP contribution in [0.15, 0.2) is 60.0 Å². The molecule has 372 valence electrons. The molecule has 0 aliphatic carbocycles. The van der Waals surface area contributed by atoms with Crippen molar-refractivity contribution in [3.63, 3.8) is 0 Å². The van der Waals surface area contributed by atoms with Gasteiger partial charge in [-0.3, -0.25) is 28.8 Å². The second-order valence-electron chi connectivity index (χ2n) is 19.4. The zero-order valence-electron chi connectivity index (χ0n) is 41.5. The Labute approximate surface area is 405 Å². The van der Waals surface area contributed by atoms with Crippen LogP contribution < -0.4 is 21.1 Å². The standard InChI is InChI=1S/C51H79N7O7S2/c1-10-13-14-19-29-58(49(61)45(36(6)11-2)55-47(60)42-23-18-20-28-57(42)9)43(35(4)5)31-44(65-12-3)48-54-41(33-66-48)46(59)53-40(30-37-21-16-15-17-22-37)32-51(7,8)50(62)56-67(63,64)34-38-24-26-39(52)27-25-38/h15-17,21-22,24-27,33,35-36,40,42-45H,10-14,18-20,23,28-32,34,52H2,1-9H3,(H,53,59)(H,55,60)(H,56,62)/t36-,40-,42+,43+,44+,45-/m0/s1. The molecule has 4 rings (SSSR count). The molecule has 16 heteroatoms. The number of hydrogen-bond acceptors (Lipinski definition) is 11. The zero-order chi connectivity index (χ0) is 49.3. The zero-order valence-corrected chi connectivity index (χ0v) is 43.1. The first-order valence-electron chi connectivity index (χ1n) is 24.4. The largest absolute Gasteiger partial charge is 0.399 e. The van der Waals surface area contributed by atoms with Crippen LogP contribution in [0.3, 0.4) is 0 Å². The van der Waals surface area contributed by atoms with Crippen molar-refractivity contribution in [2.75, 3.05) is 32.5 Å². The molecular weight excluding hydrogens is 887 g/mol. The predicted molar refractivity (Wildman–Crippen MR) is 269 cm³/mol. The number of sulfonamides is 1. The van der Waals surface area contributed by atoms with Gasteiger partial charge in [-0.25, -0.2) is 13.4 Å². The Morgan fingerprint density at radius 3 is 2.28 bits per heavy atom. The highest BCUT2D eigenvalue weighted by Crippen LogP contribution is 2.32. The number of piperidine rings is 1. The van der Waals surface area contributed by atoms with Crippen LogP contribution in [0, 0.1) is 17.3 Å². The minimum absolute atomic E-state index is 0.0329. The summed E-state index contributed by atoms with van der Waals surface area (Å²) in [5.41, 5.74) is 6.67. The first kappa shape index (κ1) is 55.2. The molecule has 0 radical (unpaired) electrons. The van der Waals surface area contributed by atoms with E-state index in [2.05, 4.69) is 48.0 Å². The van der Waals surface area contributed by atoms with Crippen LogP contribution in [0.4, 0.5) is 5.69 Å². The summed E-state index contributed by atoms with van der Waals surface area (Å²) in [6.45, 7) is 17.5. The lowest BCUT2D eigenvalue weighted by atomic mass is 9.83. The number of nitrogens with one attached hydrogen (secondary N) is 3. The van der Waals surface area contributed by atoms with E-state index >= 15 is 0 Å². The van der Waals surface area contributed by atoms with E-state index in [9.17, 15) is 27.6 Å². The van der Waals surface area contributed by atoms with E-state index in [0.717, 1.165) is 63.5 Å². The van der Waals surface area contributed by atoms with E-state index in [0.29, 0.717) is 42.3 Å². The Morgan fingerprint density at radius 2 is 1.66 bits per heavy atom. The molecule has 0 bridgehead atoms. The van der Waals surface area contributed by atoms with Gasteiger partial charge in [0.25, 0.3) is 5.91 Å². The van der Waals surface area contributed by atoms with Gasteiger partial charge in [-0.2, -0.15) is 0 Å². The molecule has 1 saturated heterocycles. The number of amides is 4. The summed E-state index contributed by atoms with van der Waals surface area (Å²) < 4.78 is 34.9. The Bertz CT molecular complexity index is 2130. The lowest BCUT2D eigenvalue weighted by Gasteiger charge is -2.40. The fraction of sp³-hybridized carbons (Fsp3) is 0.627. The monoisotopic (exact) mass is 966 g/mol. The molecule has 2 heterocycles. The third-order valence-corrected chi connectivity index (χ3v) is 15.2. The van der Waals surface area contributed by atoms with E-state index in [1.807, 2.05) is 56.1 Å². The van der Waals surface area contributed by atoms with E-state index < -0.39 is 51.2 Å². The van der Waals surface area contributed by atoms with Crippen LogP contribution in [-0.4, -0.2) is 97.7 Å². The Morgan fingerprint density at radius 1 is 0.955 bits per heavy atom. The number of anilines is 1. The van der Waals surface area contributed by atoms with Crippen molar-refractivity contribution in [2.24, 2.45) is 17.3 Å². The molecule has 1 aromatic heterocycles. The molecular formula is C51H79N7O7S2. The SMILES string of the molecule is CCCCCCN(C(=O)[C@@H](NC(=O)[C@H]1CCCCN1C)[C@@H](C)CC)[C@H](C[C@@H](OCC)c1nc(C(=O)N[C@@H](Cc2ccccc2)CC(C)(C)C(=O)NS(=O)(=O)Cc2ccc(N)cc2)cs1)C(C)C. The van der Waals surface area contributed by atoms with Crippen molar-refractivity contribution in [1.82, 2.24) is 30.1 Å². The summed E-state index contributed by atoms with van der Waals surface area (Å²) in [5, 5.41) is 8.65. The number of ether oxygens (including phenoxy) is 1. The van der Waals surface area contributed by atoms with Gasteiger partial charge in [0.2, 0.25) is 27.7 Å². The second kappa shape index (κ2) is 26.4. The molecule has 5 N–H and O–H groups in total. The number of nitrogen functional groups attached to an aromatic ring is 1. The van der Waals surface area contributed by atoms with E-state index in [-0.39, 0.29) is 47.8 Å². The maximum absolute atomic E-state index is 15.0. The molecule has 67 heavy (non-hydrogen) atoms. The Kier molecular flexibility index (Phi) is 21.8. The summed E-state index contributed by atoms with van der Waals surface area (Å²) in [6, 6.07) is 14.2. The number of carbonyl (C=O) groups excluding carboxylic acids is 4. The molecule has 0 unspecified atom stereocenters. The third-order valence-electron chi connectivity index (χ3n) is 13.0. The maximum Gasteiger partial charge on any atom is 0.270 e. The van der Waals surface area contributed by atoms with E-state index in [1.165, 1.54) is 11.3 Å². The highest BCUT2D eigenvalue weighted by molar-refractivity contribution is 7.89. The fourth-order valence-corrected chi connectivity index (χ4v) is 10.9. The van der Waals surface area contributed by atoms with Crippen LogP contribution in [0.2, 0.25) is 0 Å². The normalized spacial score (nSPS) is 17.0. The van der Waals surface area contributed by atoms with Gasteiger partial charge in [0, 0.05) is 48.1 Å². The van der Waals surface area contributed by atoms with E-state index in [1.54, 1.807) is 43.5 Å². The van der Waals surface area contributed by atoms with Crippen molar-refractivity contribution in [3.05, 3.63) is 81.8 Å². The smallest absolute Gasteiger partial charge is 0.270 e. The van der Waals surface area contributed by atoms with Gasteiger partial charge < -0.3 is 26.0 Å². The van der Waals surface area contributed by atoms with Gasteiger partial charge in [0.1, 0.15) is 22.8 Å². The predicted octanol–water partition coefficient (Wildman–Crippen LogP) is 8.05. The number of likely N-dealkylation sites (tertiary alicyclic amines) is 1. The van der Waals surface area contributed by atoms with Crippen molar-refractivity contribution < 1.29 is 32.3 Å². The van der Waals surface area contributed by atoms with Crippen LogP contribution in [0.25, 0.3) is 0 Å². The molecule has 0 spiro atoms. The van der Waals surface area contributed by atoms with Gasteiger partial charge in [-0.1, -0.05) is 123 Å². The van der Waals surface area contributed by atoms with Crippen LogP contribution in [0.5, 0.6) is 0 Å². The summed E-state index contributed by atoms with van der Waals surface area (Å²) in [6.07, 6.45) is 7.88.